The molecule has 5 aromatic rings. The van der Waals surface area contributed by atoms with Gasteiger partial charge in [0.05, 0.1) is 41.3 Å². The molecule has 196 valence electrons. The highest BCUT2D eigenvalue weighted by atomic mass is 32.1. The molecule has 0 bridgehead atoms. The van der Waals surface area contributed by atoms with Crippen LogP contribution in [0.2, 0.25) is 0 Å². The van der Waals surface area contributed by atoms with Crippen LogP contribution in [0.25, 0.3) is 26.5 Å². The van der Waals surface area contributed by atoms with Gasteiger partial charge in [0.15, 0.2) is 17.0 Å². The van der Waals surface area contributed by atoms with E-state index in [1.54, 1.807) is 22.9 Å². The molecule has 6 heterocycles. The number of aliphatic hydroxyl groups excluding tert-OH is 1. The molecule has 15 heteroatoms. The number of thiazole rings is 1. The number of carbonyl (C=O) groups excluding carboxylic acids is 1. The molecule has 0 radical (unpaired) electrons. The number of primary amides is 1. The summed E-state index contributed by atoms with van der Waals surface area (Å²) < 4.78 is 13.4. The predicted octanol–water partition coefficient (Wildman–Crippen LogP) is 2.10. The maximum absolute atomic E-state index is 12.8. The Kier molecular flexibility index (Phi) is 6.40. The van der Waals surface area contributed by atoms with Crippen molar-refractivity contribution in [2.75, 3.05) is 55.0 Å². The van der Waals surface area contributed by atoms with Crippen molar-refractivity contribution >= 4 is 66.3 Å². The summed E-state index contributed by atoms with van der Waals surface area (Å²) in [7, 11) is 0. The van der Waals surface area contributed by atoms with Gasteiger partial charge >= 0.3 is 0 Å². The predicted molar refractivity (Wildman–Crippen MR) is 145 cm³/mol. The Balaban J connectivity index is 1.36. The van der Waals surface area contributed by atoms with Crippen LogP contribution in [-0.4, -0.2) is 69.8 Å². The van der Waals surface area contributed by atoms with Gasteiger partial charge in [-0.2, -0.15) is 4.98 Å². The van der Waals surface area contributed by atoms with Gasteiger partial charge in [-0.15, -0.1) is 11.3 Å². The highest BCUT2D eigenvalue weighted by Crippen LogP contribution is 2.39. The summed E-state index contributed by atoms with van der Waals surface area (Å²) in [5.74, 6) is -0.121. The average Bonchev–Trinajstić information content (AvgIpc) is 3.67. The minimum atomic E-state index is -0.698. The van der Waals surface area contributed by atoms with E-state index in [-0.39, 0.29) is 35.5 Å². The molecule has 5 aromatic heterocycles. The van der Waals surface area contributed by atoms with Gasteiger partial charge in [-0.3, -0.25) is 14.0 Å². The van der Waals surface area contributed by atoms with Gasteiger partial charge in [0.2, 0.25) is 11.4 Å². The number of furan rings is 1. The summed E-state index contributed by atoms with van der Waals surface area (Å²) in [6, 6.07) is 1.60. The van der Waals surface area contributed by atoms with Gasteiger partial charge in [-0.25, -0.2) is 9.97 Å². The molecule has 1 fully saturated rings. The minimum Gasteiger partial charge on any atom is -0.459 e. The van der Waals surface area contributed by atoms with Crippen LogP contribution in [0.3, 0.4) is 0 Å². The van der Waals surface area contributed by atoms with E-state index in [1.807, 2.05) is 0 Å². The van der Waals surface area contributed by atoms with Crippen molar-refractivity contribution in [2.45, 2.75) is 0 Å². The first kappa shape index (κ1) is 24.3. The van der Waals surface area contributed by atoms with E-state index in [9.17, 15) is 14.7 Å². The zero-order valence-electron chi connectivity index (χ0n) is 19.8. The Morgan fingerprint density at radius 1 is 1.24 bits per heavy atom. The third kappa shape index (κ3) is 4.34. The molecule has 6 rings (SSSR count). The number of imidazole rings is 1. The van der Waals surface area contributed by atoms with E-state index in [0.29, 0.717) is 58.2 Å². The minimum absolute atomic E-state index is 0.103. The fraction of sp³-hybridized carbons (Fsp3) is 0.261. The van der Waals surface area contributed by atoms with Crippen LogP contribution in [0.15, 0.2) is 40.1 Å². The maximum Gasteiger partial charge on any atom is 0.256 e. The topological polar surface area (TPSA) is 173 Å². The second-order valence-electron chi connectivity index (χ2n) is 8.31. The lowest BCUT2D eigenvalue weighted by molar-refractivity contribution is 0.100. The van der Waals surface area contributed by atoms with Crippen molar-refractivity contribution in [3.05, 3.63) is 46.7 Å². The molecule has 1 amide bonds. The summed E-state index contributed by atoms with van der Waals surface area (Å²) >= 11 is 2.79. The molecule has 0 atom stereocenters. The molecule has 0 unspecified atom stereocenters. The Labute approximate surface area is 222 Å². The van der Waals surface area contributed by atoms with Crippen LogP contribution in [0.5, 0.6) is 0 Å². The normalized spacial score (nSPS) is 13.9. The molecule has 1 aliphatic rings. The van der Waals surface area contributed by atoms with Crippen LogP contribution < -0.4 is 26.7 Å². The molecular formula is C23H22N8O5S2. The second-order valence-corrected chi connectivity index (χ2v) is 10.4. The van der Waals surface area contributed by atoms with E-state index in [0.717, 1.165) is 5.00 Å². The number of morpholine rings is 1. The number of fused-ring (bicyclic) bond motifs is 2. The SMILES string of the molecule is NC(=O)c1c(Nc2cnc(-c3coc4c(=O)cc(N5CCOCC5)sc34)s2)nc(NCCO)n2ccnc12. The van der Waals surface area contributed by atoms with E-state index < -0.39 is 5.91 Å². The first-order valence-corrected chi connectivity index (χ1v) is 13.3. The monoisotopic (exact) mass is 554 g/mol. The van der Waals surface area contributed by atoms with E-state index in [2.05, 4.69) is 30.5 Å². The number of nitrogens with one attached hydrogen (secondary N) is 2. The number of aromatic nitrogens is 4. The van der Waals surface area contributed by atoms with Crippen LogP contribution in [-0.2, 0) is 4.74 Å². The van der Waals surface area contributed by atoms with Gasteiger partial charge in [-0.1, -0.05) is 11.3 Å². The highest BCUT2D eigenvalue weighted by Gasteiger charge is 2.22. The van der Waals surface area contributed by atoms with Crippen molar-refractivity contribution < 1.29 is 19.1 Å². The number of hydrogen-bond acceptors (Lipinski definition) is 13. The molecule has 5 N–H and O–H groups in total. The standard InChI is InChI=1S/C23H22N8O5S2/c24-19(34)16-20(29-23(26-2-6-32)31-3-1-25-21(16)31)28-14-10-27-22(37-14)12-11-36-17-13(33)9-15(38-18(12)17)30-4-7-35-8-5-30/h1,3,9-11,28,32H,2,4-8H2,(H2,24,34)(H,26,29). The third-order valence-electron chi connectivity index (χ3n) is 5.92. The van der Waals surface area contributed by atoms with Gasteiger partial charge in [-0.05, 0) is 0 Å². The number of ether oxygens (including phenoxy) is 1. The van der Waals surface area contributed by atoms with Crippen molar-refractivity contribution in [2.24, 2.45) is 5.73 Å². The number of nitrogens with two attached hydrogens (primary N) is 1. The van der Waals surface area contributed by atoms with Crippen molar-refractivity contribution in [1.82, 2.24) is 19.4 Å². The van der Waals surface area contributed by atoms with E-state index in [4.69, 9.17) is 14.9 Å². The van der Waals surface area contributed by atoms with E-state index in [1.165, 1.54) is 35.1 Å². The van der Waals surface area contributed by atoms with Gasteiger partial charge in [0.25, 0.3) is 5.91 Å². The largest absolute Gasteiger partial charge is 0.459 e. The quantitative estimate of drug-likeness (QED) is 0.221. The smallest absolute Gasteiger partial charge is 0.256 e. The number of anilines is 4. The molecule has 38 heavy (non-hydrogen) atoms. The summed E-state index contributed by atoms with van der Waals surface area (Å²) in [5, 5.41) is 17.4. The third-order valence-corrected chi connectivity index (χ3v) is 8.06. The lowest BCUT2D eigenvalue weighted by atomic mass is 10.2. The van der Waals surface area contributed by atoms with Gasteiger partial charge in [0, 0.05) is 38.1 Å². The molecule has 1 saturated heterocycles. The van der Waals surface area contributed by atoms with Crippen LogP contribution in [0.4, 0.5) is 21.8 Å². The van der Waals surface area contributed by atoms with Gasteiger partial charge in [0.1, 0.15) is 21.8 Å². The summed E-state index contributed by atoms with van der Waals surface area (Å²) in [5.41, 5.74) is 6.91. The summed E-state index contributed by atoms with van der Waals surface area (Å²) in [4.78, 5) is 40.6. The first-order chi connectivity index (χ1) is 18.5. The lowest BCUT2D eigenvalue weighted by Crippen LogP contribution is -2.36. The fourth-order valence-electron chi connectivity index (χ4n) is 4.18. The number of nitrogens with zero attached hydrogens (tertiary/aromatic N) is 5. The Hall–Kier alpha value is -4.05. The molecule has 1 aliphatic heterocycles. The number of hydrogen-bond donors (Lipinski definition) is 4. The van der Waals surface area contributed by atoms with Crippen LogP contribution in [0, 0.1) is 0 Å². The molecular weight excluding hydrogens is 532 g/mol. The van der Waals surface area contributed by atoms with Crippen molar-refractivity contribution in [1.29, 1.82) is 0 Å². The summed E-state index contributed by atoms with van der Waals surface area (Å²) in [6.07, 6.45) is 6.32. The molecule has 0 aliphatic carbocycles. The second kappa shape index (κ2) is 10.0. The Morgan fingerprint density at radius 3 is 2.87 bits per heavy atom. The molecule has 0 aromatic carbocycles. The van der Waals surface area contributed by atoms with Crippen molar-refractivity contribution in [3.8, 4) is 10.6 Å². The molecule has 0 spiro atoms. The first-order valence-electron chi connectivity index (χ1n) is 11.7. The highest BCUT2D eigenvalue weighted by molar-refractivity contribution is 7.23. The van der Waals surface area contributed by atoms with E-state index >= 15 is 0 Å². The molecule has 0 saturated carbocycles. The number of aliphatic hydroxyl groups is 1. The van der Waals surface area contributed by atoms with Gasteiger partial charge < -0.3 is 35.5 Å². The molecule has 13 nitrogen and oxygen atoms in total. The number of rotatable bonds is 8. The zero-order chi connectivity index (χ0) is 26.2. The number of amides is 1. The summed E-state index contributed by atoms with van der Waals surface area (Å²) in [6.45, 7) is 2.80. The number of carbonyl (C=O) groups is 1. The fourth-order valence-corrected chi connectivity index (χ4v) is 6.26. The van der Waals surface area contributed by atoms with Crippen LogP contribution in [0.1, 0.15) is 10.4 Å². The average molecular weight is 555 g/mol. The van der Waals surface area contributed by atoms with Crippen LogP contribution >= 0.6 is 22.7 Å². The van der Waals surface area contributed by atoms with Crippen molar-refractivity contribution in [3.63, 3.8) is 0 Å². The maximum atomic E-state index is 12.8. The Morgan fingerprint density at radius 2 is 2.08 bits per heavy atom. The lowest BCUT2D eigenvalue weighted by Gasteiger charge is -2.27. The Bertz CT molecular complexity index is 1700. The zero-order valence-corrected chi connectivity index (χ0v) is 21.5.